The topological polar surface area (TPSA) is 81.9 Å². The average Bonchev–Trinajstić information content (AvgIpc) is 2.54. The molecule has 0 aliphatic rings. The molecule has 0 spiro atoms. The van der Waals surface area contributed by atoms with Crippen molar-refractivity contribution in [3.8, 4) is 11.6 Å². The molecule has 7 nitrogen and oxygen atoms in total. The highest BCUT2D eigenvalue weighted by molar-refractivity contribution is 5.54. The summed E-state index contributed by atoms with van der Waals surface area (Å²) in [5, 5.41) is 6.92. The molecule has 0 unspecified atom stereocenters. The van der Waals surface area contributed by atoms with Crippen molar-refractivity contribution >= 4 is 11.6 Å². The quantitative estimate of drug-likeness (QED) is 0.793. The van der Waals surface area contributed by atoms with Crippen LogP contribution in [-0.2, 0) is 7.05 Å². The molecule has 7 heteroatoms. The molecule has 0 amide bonds. The van der Waals surface area contributed by atoms with Crippen LogP contribution in [0.5, 0.6) is 11.6 Å². The van der Waals surface area contributed by atoms with E-state index in [0.717, 1.165) is 11.9 Å². The van der Waals surface area contributed by atoms with Gasteiger partial charge in [0.05, 0.1) is 0 Å². The van der Waals surface area contributed by atoms with Crippen LogP contribution in [0.15, 0.2) is 59.7 Å². The van der Waals surface area contributed by atoms with Gasteiger partial charge >= 0.3 is 0 Å². The van der Waals surface area contributed by atoms with Crippen LogP contribution in [0, 0.1) is 0 Å². The highest BCUT2D eigenvalue weighted by atomic mass is 16.5. The highest BCUT2D eigenvalue weighted by Gasteiger charge is 2.02. The lowest BCUT2D eigenvalue weighted by Crippen LogP contribution is -2.16. The number of hydrogen-bond donors (Lipinski definition) is 1. The standard InChI is InChI=1S/C15H13N5O2/c1-20-15(19-13(21)10-17-20)18-11-5-7-12(8-6-11)22-14-4-2-3-9-16-14/h2-10H,1H3,(H,18,19,21). The van der Waals surface area contributed by atoms with Crippen LogP contribution in [0.25, 0.3) is 0 Å². The number of benzene rings is 1. The fraction of sp³-hybridized carbons (Fsp3) is 0.0667. The van der Waals surface area contributed by atoms with Gasteiger partial charge in [-0.3, -0.25) is 4.79 Å². The van der Waals surface area contributed by atoms with Crippen molar-refractivity contribution in [2.45, 2.75) is 0 Å². The van der Waals surface area contributed by atoms with Crippen LogP contribution >= 0.6 is 0 Å². The number of aryl methyl sites for hydroxylation is 1. The number of pyridine rings is 1. The predicted octanol–water partition coefficient (Wildman–Crippen LogP) is 2.11. The zero-order valence-corrected chi connectivity index (χ0v) is 11.8. The minimum absolute atomic E-state index is 0.367. The van der Waals surface area contributed by atoms with Gasteiger partial charge < -0.3 is 10.1 Å². The van der Waals surface area contributed by atoms with Crippen molar-refractivity contribution in [1.29, 1.82) is 0 Å². The number of ether oxygens (including phenoxy) is 1. The second-order valence-electron chi connectivity index (χ2n) is 4.46. The minimum Gasteiger partial charge on any atom is -0.439 e. The number of hydrogen-bond acceptors (Lipinski definition) is 6. The molecule has 1 aromatic carbocycles. The number of aromatic nitrogens is 4. The van der Waals surface area contributed by atoms with Crippen molar-refractivity contribution in [1.82, 2.24) is 19.7 Å². The summed E-state index contributed by atoms with van der Waals surface area (Å²) < 4.78 is 7.09. The van der Waals surface area contributed by atoms with Crippen LogP contribution < -0.4 is 15.6 Å². The SMILES string of the molecule is Cn1ncc(=O)nc1Nc1ccc(Oc2ccccn2)cc1. The Kier molecular flexibility index (Phi) is 3.78. The Balaban J connectivity index is 1.74. The van der Waals surface area contributed by atoms with Crippen LogP contribution in [0.2, 0.25) is 0 Å². The third kappa shape index (κ3) is 3.26. The first-order chi connectivity index (χ1) is 10.7. The number of anilines is 2. The molecule has 0 radical (unpaired) electrons. The smallest absolute Gasteiger partial charge is 0.293 e. The van der Waals surface area contributed by atoms with Crippen LogP contribution in [0.3, 0.4) is 0 Å². The summed E-state index contributed by atoms with van der Waals surface area (Å²) in [5.74, 6) is 1.56. The monoisotopic (exact) mass is 295 g/mol. The lowest BCUT2D eigenvalue weighted by Gasteiger charge is -2.09. The van der Waals surface area contributed by atoms with E-state index in [0.29, 0.717) is 17.6 Å². The molecular weight excluding hydrogens is 282 g/mol. The normalized spacial score (nSPS) is 10.2. The van der Waals surface area contributed by atoms with E-state index in [9.17, 15) is 4.79 Å². The van der Waals surface area contributed by atoms with Gasteiger partial charge in [-0.05, 0) is 30.3 Å². The second kappa shape index (κ2) is 6.04. The Morgan fingerprint density at radius 2 is 1.95 bits per heavy atom. The molecule has 3 rings (SSSR count). The Morgan fingerprint density at radius 3 is 2.68 bits per heavy atom. The zero-order valence-electron chi connectivity index (χ0n) is 11.8. The highest BCUT2D eigenvalue weighted by Crippen LogP contribution is 2.22. The van der Waals surface area contributed by atoms with Crippen LogP contribution in [-0.4, -0.2) is 19.7 Å². The lowest BCUT2D eigenvalue weighted by molar-refractivity contribution is 0.463. The second-order valence-corrected chi connectivity index (χ2v) is 4.46. The van der Waals surface area contributed by atoms with Crippen LogP contribution in [0.4, 0.5) is 11.6 Å². The van der Waals surface area contributed by atoms with E-state index in [1.54, 1.807) is 31.4 Å². The molecule has 0 atom stereocenters. The predicted molar refractivity (Wildman–Crippen MR) is 81.3 cm³/mol. The Bertz CT molecular complexity index is 815. The van der Waals surface area contributed by atoms with Crippen molar-refractivity contribution in [3.63, 3.8) is 0 Å². The summed E-state index contributed by atoms with van der Waals surface area (Å²) in [6.07, 6.45) is 2.83. The van der Waals surface area contributed by atoms with E-state index >= 15 is 0 Å². The van der Waals surface area contributed by atoms with Gasteiger partial charge in [0.1, 0.15) is 11.9 Å². The molecule has 2 aromatic heterocycles. The first-order valence-corrected chi connectivity index (χ1v) is 6.57. The summed E-state index contributed by atoms with van der Waals surface area (Å²) in [5.41, 5.74) is 0.375. The Morgan fingerprint density at radius 1 is 1.14 bits per heavy atom. The molecule has 110 valence electrons. The molecule has 1 N–H and O–H groups in total. The van der Waals surface area contributed by atoms with E-state index in [2.05, 4.69) is 20.4 Å². The minimum atomic E-state index is -0.393. The first kappa shape index (κ1) is 13.7. The zero-order chi connectivity index (χ0) is 15.4. The molecule has 3 aromatic rings. The third-order valence-corrected chi connectivity index (χ3v) is 2.83. The van der Waals surface area contributed by atoms with Crippen molar-refractivity contribution in [2.75, 3.05) is 5.32 Å². The summed E-state index contributed by atoms with van der Waals surface area (Å²) in [7, 11) is 1.70. The fourth-order valence-corrected chi connectivity index (χ4v) is 1.77. The fourth-order valence-electron chi connectivity index (χ4n) is 1.77. The maximum atomic E-state index is 11.2. The number of nitrogens with zero attached hydrogens (tertiary/aromatic N) is 4. The summed E-state index contributed by atoms with van der Waals surface area (Å²) in [4.78, 5) is 19.2. The molecular formula is C15H13N5O2. The van der Waals surface area contributed by atoms with Gasteiger partial charge in [0.15, 0.2) is 0 Å². The number of rotatable bonds is 4. The molecule has 0 fully saturated rings. The summed E-state index contributed by atoms with van der Waals surface area (Å²) in [6.45, 7) is 0. The molecule has 0 saturated carbocycles. The van der Waals surface area contributed by atoms with Gasteiger partial charge in [0, 0.05) is 25.0 Å². The Labute approximate surface area is 126 Å². The molecule has 0 aliphatic carbocycles. The summed E-state index contributed by atoms with van der Waals surface area (Å²) in [6, 6.07) is 12.7. The van der Waals surface area contributed by atoms with E-state index in [1.807, 2.05) is 24.3 Å². The molecule has 0 aliphatic heterocycles. The van der Waals surface area contributed by atoms with Gasteiger partial charge in [-0.15, -0.1) is 0 Å². The van der Waals surface area contributed by atoms with Gasteiger partial charge in [-0.2, -0.15) is 10.1 Å². The van der Waals surface area contributed by atoms with E-state index in [1.165, 1.54) is 4.68 Å². The van der Waals surface area contributed by atoms with E-state index in [4.69, 9.17) is 4.74 Å². The van der Waals surface area contributed by atoms with Gasteiger partial charge in [0.25, 0.3) is 5.56 Å². The molecule has 0 saturated heterocycles. The van der Waals surface area contributed by atoms with E-state index in [-0.39, 0.29) is 0 Å². The van der Waals surface area contributed by atoms with Gasteiger partial charge in [0.2, 0.25) is 11.8 Å². The average molecular weight is 295 g/mol. The maximum absolute atomic E-state index is 11.2. The van der Waals surface area contributed by atoms with Crippen molar-refractivity contribution in [3.05, 3.63) is 65.2 Å². The molecule has 22 heavy (non-hydrogen) atoms. The lowest BCUT2D eigenvalue weighted by atomic mass is 10.3. The molecule has 2 heterocycles. The van der Waals surface area contributed by atoms with Crippen molar-refractivity contribution in [2.24, 2.45) is 7.05 Å². The maximum Gasteiger partial charge on any atom is 0.293 e. The summed E-state index contributed by atoms with van der Waals surface area (Å²) >= 11 is 0. The van der Waals surface area contributed by atoms with E-state index < -0.39 is 5.56 Å². The number of nitrogens with one attached hydrogen (secondary N) is 1. The van der Waals surface area contributed by atoms with Gasteiger partial charge in [-0.1, -0.05) is 6.07 Å². The molecule has 0 bridgehead atoms. The largest absolute Gasteiger partial charge is 0.439 e. The van der Waals surface area contributed by atoms with Crippen molar-refractivity contribution < 1.29 is 4.74 Å². The Hall–Kier alpha value is -3.22. The van der Waals surface area contributed by atoms with Crippen LogP contribution in [0.1, 0.15) is 0 Å². The first-order valence-electron chi connectivity index (χ1n) is 6.57. The third-order valence-electron chi connectivity index (χ3n) is 2.83. The van der Waals surface area contributed by atoms with Gasteiger partial charge in [-0.25, -0.2) is 9.67 Å².